The Kier molecular flexibility index (Phi) is 3.32. The molecule has 1 aliphatic rings. The van der Waals surface area contributed by atoms with Gasteiger partial charge in [0.05, 0.1) is 5.02 Å². The molecule has 0 spiro atoms. The summed E-state index contributed by atoms with van der Waals surface area (Å²) in [4.78, 5) is 11.4. The molecule has 1 saturated carbocycles. The summed E-state index contributed by atoms with van der Waals surface area (Å²) < 4.78 is 6.26. The predicted octanol–water partition coefficient (Wildman–Crippen LogP) is 3.46. The molecule has 0 aliphatic heterocycles. The van der Waals surface area contributed by atoms with Crippen LogP contribution < -0.4 is 4.74 Å². The van der Waals surface area contributed by atoms with Gasteiger partial charge in [0.25, 0.3) is 0 Å². The van der Waals surface area contributed by atoms with E-state index < -0.39 is 0 Å². The van der Waals surface area contributed by atoms with Crippen molar-refractivity contribution in [2.75, 3.05) is 6.61 Å². The maximum atomic E-state index is 11.4. The second-order valence-corrected chi connectivity index (χ2v) is 4.93. The third-order valence-corrected chi connectivity index (χ3v) is 3.10. The molecule has 1 fully saturated rings. The fourth-order valence-corrected chi connectivity index (χ4v) is 1.77. The molecule has 0 N–H and O–H groups in total. The first-order valence-electron chi connectivity index (χ1n) is 4.77. The molecule has 0 amide bonds. The highest BCUT2D eigenvalue weighted by Crippen LogP contribution is 2.31. The van der Waals surface area contributed by atoms with Crippen LogP contribution in [-0.4, -0.2) is 12.4 Å². The van der Waals surface area contributed by atoms with Crippen molar-refractivity contribution in [3.8, 4) is 5.75 Å². The second kappa shape index (κ2) is 4.54. The number of hydrogen-bond donors (Lipinski definition) is 0. The number of rotatable bonds is 4. The first kappa shape index (κ1) is 11.0. The van der Waals surface area contributed by atoms with E-state index in [-0.39, 0.29) is 18.3 Å². The molecule has 0 unspecified atom stereocenters. The summed E-state index contributed by atoms with van der Waals surface area (Å²) >= 11 is 9.24. The molecule has 0 heterocycles. The summed E-state index contributed by atoms with van der Waals surface area (Å²) in [5.74, 6) is 0.960. The van der Waals surface area contributed by atoms with E-state index in [0.29, 0.717) is 10.8 Å². The smallest absolute Gasteiger partial charge is 0.173 e. The predicted molar refractivity (Wildman–Crippen MR) is 62.4 cm³/mol. The Balaban J connectivity index is 1.97. The molecular weight excluding hydrogens is 279 g/mol. The van der Waals surface area contributed by atoms with Gasteiger partial charge in [0.2, 0.25) is 0 Å². The van der Waals surface area contributed by atoms with E-state index in [1.165, 1.54) is 0 Å². The van der Waals surface area contributed by atoms with Crippen LogP contribution in [0.1, 0.15) is 12.8 Å². The number of benzene rings is 1. The molecular formula is C11H10BrClO2. The van der Waals surface area contributed by atoms with Gasteiger partial charge in [0.15, 0.2) is 5.78 Å². The number of hydrogen-bond acceptors (Lipinski definition) is 2. The summed E-state index contributed by atoms with van der Waals surface area (Å²) in [5, 5.41) is 0.529. The van der Waals surface area contributed by atoms with Gasteiger partial charge in [-0.2, -0.15) is 0 Å². The largest absolute Gasteiger partial charge is 0.484 e. The number of carbonyl (C=O) groups is 1. The van der Waals surface area contributed by atoms with Gasteiger partial charge in [0.1, 0.15) is 12.4 Å². The molecule has 0 radical (unpaired) electrons. The molecule has 0 atom stereocenters. The summed E-state index contributed by atoms with van der Waals surface area (Å²) in [5.41, 5.74) is 0. The highest BCUT2D eigenvalue weighted by atomic mass is 79.9. The number of carbonyl (C=O) groups excluding carboxylic acids is 1. The molecule has 1 aromatic rings. The van der Waals surface area contributed by atoms with Crippen LogP contribution in [0.25, 0.3) is 0 Å². The Hall–Kier alpha value is -0.540. The SMILES string of the molecule is O=C(COc1cc(Br)ccc1Cl)C1CC1. The van der Waals surface area contributed by atoms with Crippen molar-refractivity contribution in [2.45, 2.75) is 12.8 Å². The van der Waals surface area contributed by atoms with E-state index >= 15 is 0 Å². The van der Waals surface area contributed by atoms with Crippen LogP contribution in [0, 0.1) is 5.92 Å². The van der Waals surface area contributed by atoms with Gasteiger partial charge in [-0.15, -0.1) is 0 Å². The lowest BCUT2D eigenvalue weighted by Gasteiger charge is -2.07. The normalized spacial score (nSPS) is 15.1. The molecule has 0 saturated heterocycles. The number of ether oxygens (including phenoxy) is 1. The summed E-state index contributed by atoms with van der Waals surface area (Å²) in [6, 6.07) is 5.34. The van der Waals surface area contributed by atoms with Crippen LogP contribution in [0.15, 0.2) is 22.7 Å². The van der Waals surface area contributed by atoms with Crippen LogP contribution in [0.5, 0.6) is 5.75 Å². The topological polar surface area (TPSA) is 26.3 Å². The molecule has 4 heteroatoms. The molecule has 2 rings (SSSR count). The van der Waals surface area contributed by atoms with Crippen molar-refractivity contribution in [1.29, 1.82) is 0 Å². The Morgan fingerprint density at radius 1 is 1.53 bits per heavy atom. The van der Waals surface area contributed by atoms with Gasteiger partial charge in [-0.25, -0.2) is 0 Å². The number of Topliss-reactive ketones (excluding diaryl/α,β-unsaturated/α-hetero) is 1. The Labute approximate surface area is 102 Å². The van der Waals surface area contributed by atoms with E-state index in [1.807, 2.05) is 6.07 Å². The van der Waals surface area contributed by atoms with E-state index in [9.17, 15) is 4.79 Å². The fraction of sp³-hybridized carbons (Fsp3) is 0.364. The van der Waals surface area contributed by atoms with Crippen molar-refractivity contribution in [3.63, 3.8) is 0 Å². The molecule has 15 heavy (non-hydrogen) atoms. The van der Waals surface area contributed by atoms with E-state index in [2.05, 4.69) is 15.9 Å². The second-order valence-electron chi connectivity index (χ2n) is 3.60. The van der Waals surface area contributed by atoms with Crippen LogP contribution in [0.3, 0.4) is 0 Å². The van der Waals surface area contributed by atoms with E-state index in [4.69, 9.17) is 16.3 Å². The van der Waals surface area contributed by atoms with Crippen molar-refractivity contribution >= 4 is 33.3 Å². The zero-order chi connectivity index (χ0) is 10.8. The van der Waals surface area contributed by atoms with Gasteiger partial charge in [-0.1, -0.05) is 27.5 Å². The van der Waals surface area contributed by atoms with Crippen molar-refractivity contribution in [1.82, 2.24) is 0 Å². The lowest BCUT2D eigenvalue weighted by molar-refractivity contribution is -0.122. The maximum Gasteiger partial charge on any atom is 0.173 e. The molecule has 80 valence electrons. The summed E-state index contributed by atoms with van der Waals surface area (Å²) in [6.07, 6.45) is 2.02. The minimum absolute atomic E-state index is 0.126. The number of ketones is 1. The van der Waals surface area contributed by atoms with Crippen molar-refractivity contribution < 1.29 is 9.53 Å². The molecule has 1 aromatic carbocycles. The zero-order valence-corrected chi connectivity index (χ0v) is 10.3. The Morgan fingerprint density at radius 3 is 2.93 bits per heavy atom. The highest BCUT2D eigenvalue weighted by Gasteiger charge is 2.29. The molecule has 1 aliphatic carbocycles. The van der Waals surface area contributed by atoms with Crippen molar-refractivity contribution in [2.24, 2.45) is 5.92 Å². The van der Waals surface area contributed by atoms with Crippen LogP contribution >= 0.6 is 27.5 Å². The third kappa shape index (κ3) is 2.95. The average Bonchev–Trinajstić information content (AvgIpc) is 3.02. The lowest BCUT2D eigenvalue weighted by atomic mass is 10.3. The summed E-state index contributed by atoms with van der Waals surface area (Å²) in [6.45, 7) is 0.126. The zero-order valence-electron chi connectivity index (χ0n) is 8.00. The van der Waals surface area contributed by atoms with Crippen LogP contribution in [0.4, 0.5) is 0 Å². The van der Waals surface area contributed by atoms with Gasteiger partial charge < -0.3 is 4.74 Å². The van der Waals surface area contributed by atoms with Crippen LogP contribution in [0.2, 0.25) is 5.02 Å². The first-order valence-corrected chi connectivity index (χ1v) is 5.94. The summed E-state index contributed by atoms with van der Waals surface area (Å²) in [7, 11) is 0. The lowest BCUT2D eigenvalue weighted by Crippen LogP contribution is -2.12. The maximum absolute atomic E-state index is 11.4. The standard InChI is InChI=1S/C11H10BrClO2/c12-8-3-4-9(13)11(5-8)15-6-10(14)7-1-2-7/h3-5,7H,1-2,6H2. The van der Waals surface area contributed by atoms with Gasteiger partial charge in [0, 0.05) is 10.4 Å². The molecule has 0 bridgehead atoms. The molecule has 0 aromatic heterocycles. The monoisotopic (exact) mass is 288 g/mol. The molecule has 2 nitrogen and oxygen atoms in total. The Bertz CT molecular complexity index is 388. The minimum Gasteiger partial charge on any atom is -0.484 e. The van der Waals surface area contributed by atoms with E-state index in [1.54, 1.807) is 12.1 Å². The first-order chi connectivity index (χ1) is 7.16. The quantitative estimate of drug-likeness (QED) is 0.848. The third-order valence-electron chi connectivity index (χ3n) is 2.30. The van der Waals surface area contributed by atoms with Gasteiger partial charge >= 0.3 is 0 Å². The highest BCUT2D eigenvalue weighted by molar-refractivity contribution is 9.10. The van der Waals surface area contributed by atoms with Gasteiger partial charge in [-0.05, 0) is 31.0 Å². The van der Waals surface area contributed by atoms with Gasteiger partial charge in [-0.3, -0.25) is 4.79 Å². The minimum atomic E-state index is 0.126. The van der Waals surface area contributed by atoms with Crippen LogP contribution in [-0.2, 0) is 4.79 Å². The number of halogens is 2. The Morgan fingerprint density at radius 2 is 2.27 bits per heavy atom. The van der Waals surface area contributed by atoms with E-state index in [0.717, 1.165) is 17.3 Å². The fourth-order valence-electron chi connectivity index (χ4n) is 1.26. The average molecular weight is 290 g/mol. The van der Waals surface area contributed by atoms with Crippen molar-refractivity contribution in [3.05, 3.63) is 27.7 Å².